The monoisotopic (exact) mass is 1340 g/mol. The quantitative estimate of drug-likeness (QED) is 0.114. The van der Waals surface area contributed by atoms with Gasteiger partial charge in [0.1, 0.15) is 46.2 Å². The molecule has 1 aliphatic rings. The number of nitrogens with one attached hydrogen (secondary N) is 4. The van der Waals surface area contributed by atoms with Crippen molar-refractivity contribution in [3.8, 4) is 0 Å². The zero-order chi connectivity index (χ0) is 71.3. The van der Waals surface area contributed by atoms with Crippen molar-refractivity contribution in [1.29, 1.82) is 0 Å². The molecule has 0 unspecified atom stereocenters. The first kappa shape index (κ1) is 81.0. The number of aromatic nitrogens is 4. The molecular weight excluding hydrogens is 1230 g/mol. The van der Waals surface area contributed by atoms with Crippen molar-refractivity contribution >= 4 is 100 Å². The molecule has 524 valence electrons. The number of amides is 8. The summed E-state index contributed by atoms with van der Waals surface area (Å²) in [4.78, 5) is 185. The molecule has 5 N–H and O–H groups in total. The number of imidazole rings is 1. The van der Waals surface area contributed by atoms with Crippen molar-refractivity contribution < 1.29 is 57.8 Å². The van der Waals surface area contributed by atoms with Gasteiger partial charge in [-0.25, -0.2) is 4.98 Å². The highest BCUT2D eigenvalue weighted by Gasteiger charge is 2.46. The summed E-state index contributed by atoms with van der Waals surface area (Å²) in [6.07, 6.45) is -1.81. The Labute approximate surface area is 562 Å². The van der Waals surface area contributed by atoms with E-state index in [0.717, 1.165) is 4.90 Å². The fourth-order valence-corrected chi connectivity index (χ4v) is 13.0. The highest BCUT2D eigenvalue weighted by atomic mass is 32.1. The van der Waals surface area contributed by atoms with Crippen molar-refractivity contribution in [1.82, 2.24) is 59.6 Å². The number of likely N-dealkylation sites (N-methyl/N-ethyl adjacent to an activating group) is 7. The van der Waals surface area contributed by atoms with Crippen LogP contribution in [0.25, 0.3) is 11.2 Å². The number of carbonyl (C=O) groups excluding carboxylic acids is 11. The maximum atomic E-state index is 15.5. The summed E-state index contributed by atoms with van der Waals surface area (Å²) < 4.78 is 0.528. The molecule has 1 aliphatic heterocycles. The van der Waals surface area contributed by atoms with E-state index in [0.29, 0.717) is 21.6 Å². The van der Waals surface area contributed by atoms with E-state index in [2.05, 4.69) is 25.3 Å². The molecule has 0 saturated carbocycles. The summed E-state index contributed by atoms with van der Waals surface area (Å²) in [5, 5.41) is 15.3. The largest absolute Gasteiger partial charge is 0.390 e. The Balaban J connectivity index is 2.33. The van der Waals surface area contributed by atoms with Crippen molar-refractivity contribution in [2.45, 2.75) is 217 Å². The molecule has 24 nitrogen and oxygen atoms in total. The number of hydrogen-bond acceptors (Lipinski definition) is 15. The van der Waals surface area contributed by atoms with Crippen LogP contribution in [0.2, 0.25) is 0 Å². The molecule has 26 heteroatoms. The summed E-state index contributed by atoms with van der Waals surface area (Å²) in [7, 11) is 10.1. The Bertz CT molecular complexity index is 3100. The lowest BCUT2D eigenvalue weighted by atomic mass is 9.84. The molecule has 2 aromatic rings. The van der Waals surface area contributed by atoms with E-state index in [-0.39, 0.29) is 79.8 Å². The average Bonchev–Trinajstić information content (AvgIpc) is 1.71. The Morgan fingerprint density at radius 3 is 1.47 bits per heavy atom. The van der Waals surface area contributed by atoms with Crippen LogP contribution in [0.3, 0.4) is 0 Å². The number of nitrogens with zero attached hydrogens (tertiary/aromatic N) is 8. The minimum atomic E-state index is -1.63. The summed E-state index contributed by atoms with van der Waals surface area (Å²) in [5.41, 5.74) is 0.810. The number of ketones is 3. The van der Waals surface area contributed by atoms with E-state index in [9.17, 15) is 38.7 Å². The van der Waals surface area contributed by atoms with Crippen LogP contribution in [0, 0.1) is 68.6 Å². The molecule has 93 heavy (non-hydrogen) atoms. The van der Waals surface area contributed by atoms with Gasteiger partial charge in [-0.3, -0.25) is 52.7 Å². The number of fused-ring (bicyclic) bond motifs is 1. The highest BCUT2D eigenvalue weighted by molar-refractivity contribution is 7.72. The molecule has 1 saturated heterocycles. The van der Waals surface area contributed by atoms with Crippen LogP contribution in [0.15, 0.2) is 0 Å². The standard InChI is InChI=1S/C67H112N12O12S2/c1-24-43-31-51(82)56(57(84)40(14)30-52-69-54-58(70-52)71-67(93)72-60(54)92)79(23)66(91)55(39(12)13)78(22)65(90)48(28-37(8)9)77(21)64(89)47(27-36(6)7)76(20)61(86)42(16)68-59(85)41(15)29-49(80)46(26-35(4)5)75(19)63(88)44(38(10)11)32-50(81)45(25-34(2)3)74(18)53(83)33-73(17)62(43)87/h34-48,55-57,84H,24-33H2,1-23H3,(H,68,85)(H3,69,70,71,72,92,93)/t40-,41-,42-,43-,44+,45+,46+,47+,48+,55+,56-,57-/m1/s1. The first-order valence-electron chi connectivity index (χ1n) is 33.1. The smallest absolute Gasteiger partial charge is 0.246 e. The van der Waals surface area contributed by atoms with Crippen LogP contribution in [-0.4, -0.2) is 228 Å². The van der Waals surface area contributed by atoms with Gasteiger partial charge in [0, 0.05) is 92.8 Å². The molecule has 0 bridgehead atoms. The lowest BCUT2D eigenvalue weighted by molar-refractivity contribution is -0.157. The second-order valence-corrected chi connectivity index (χ2v) is 29.6. The molecule has 12 atom stereocenters. The molecule has 0 radical (unpaired) electrons. The number of H-pyrrole nitrogens is 3. The van der Waals surface area contributed by atoms with Gasteiger partial charge in [-0.05, 0) is 92.7 Å². The third-order valence-electron chi connectivity index (χ3n) is 18.3. The van der Waals surface area contributed by atoms with Crippen LogP contribution in [-0.2, 0) is 59.2 Å². The van der Waals surface area contributed by atoms with Crippen LogP contribution >= 0.6 is 24.4 Å². The van der Waals surface area contributed by atoms with E-state index in [1.54, 1.807) is 48.5 Å². The van der Waals surface area contributed by atoms with Crippen molar-refractivity contribution in [2.75, 3.05) is 55.9 Å². The number of rotatable bonds is 15. The zero-order valence-corrected chi connectivity index (χ0v) is 61.4. The minimum Gasteiger partial charge on any atom is -0.390 e. The maximum Gasteiger partial charge on any atom is 0.246 e. The summed E-state index contributed by atoms with van der Waals surface area (Å²) >= 11 is 10.8. The second kappa shape index (κ2) is 35.5. The first-order valence-corrected chi connectivity index (χ1v) is 33.9. The number of Topliss-reactive ketones (excluding diaryl/α,β-unsaturated/α-hetero) is 3. The number of aliphatic hydroxyl groups is 1. The van der Waals surface area contributed by atoms with Crippen LogP contribution in [0.4, 0.5) is 0 Å². The summed E-state index contributed by atoms with van der Waals surface area (Å²) in [6.45, 7) is 28.0. The minimum absolute atomic E-state index is 0.0334. The van der Waals surface area contributed by atoms with E-state index < -0.39 is 161 Å². The topological polar surface area (TPSA) is 303 Å². The lowest BCUT2D eigenvalue weighted by Crippen LogP contribution is -2.62. The number of aromatic amines is 3. The molecule has 0 aromatic carbocycles. The average molecular weight is 1340 g/mol. The third kappa shape index (κ3) is 21.4. The Morgan fingerprint density at radius 1 is 0.516 bits per heavy atom. The number of carbonyl (C=O) groups is 11. The summed E-state index contributed by atoms with van der Waals surface area (Å²) in [5.74, 6) is -11.3. The molecule has 1 fully saturated rings. The molecule has 2 aromatic heterocycles. The molecule has 8 amide bonds. The normalized spacial score (nSPS) is 25.8. The zero-order valence-electron chi connectivity index (χ0n) is 59.8. The lowest BCUT2D eigenvalue weighted by Gasteiger charge is -2.41. The van der Waals surface area contributed by atoms with Gasteiger partial charge in [-0.1, -0.05) is 116 Å². The highest BCUT2D eigenvalue weighted by Crippen LogP contribution is 2.30. The van der Waals surface area contributed by atoms with Crippen molar-refractivity contribution in [2.24, 2.45) is 59.2 Å². The van der Waals surface area contributed by atoms with Gasteiger partial charge >= 0.3 is 0 Å². The SMILES string of the molecule is CC[C@@H]1CC(=O)[C@H]([C@H](O)[C@H](C)Cc2nc3[nH]c(=S)[nH]c(=S)c3[nH]2)N(C)C(=O)[C@H](C(C)C)N(C)C(=O)[C@H](CC(C)C)N(C)C(=O)[C@H](CC(C)C)N(C)C(=O)[C@@H](C)NC(=O)[C@H](C)CC(=O)[C@H](CC(C)C)N(C)C(=O)[C@H](C(C)C)CC(=O)[C@H](CC(C)C)N(C)C(=O)CN(C)C1=O. The van der Waals surface area contributed by atoms with Gasteiger partial charge < -0.3 is 59.7 Å². The third-order valence-corrected chi connectivity index (χ3v) is 18.8. The molecule has 3 rings (SSSR count). The van der Waals surface area contributed by atoms with Gasteiger partial charge in [0.15, 0.2) is 27.8 Å². The van der Waals surface area contributed by atoms with Gasteiger partial charge in [0.2, 0.25) is 47.3 Å². The van der Waals surface area contributed by atoms with E-state index in [1.165, 1.54) is 85.7 Å². The van der Waals surface area contributed by atoms with Crippen LogP contribution in [0.5, 0.6) is 0 Å². The Kier molecular flexibility index (Phi) is 30.9. The van der Waals surface area contributed by atoms with E-state index in [4.69, 9.17) is 24.4 Å². The van der Waals surface area contributed by atoms with Crippen LogP contribution in [0.1, 0.15) is 168 Å². The predicted octanol–water partition coefficient (Wildman–Crippen LogP) is 6.81. The van der Waals surface area contributed by atoms with E-state index in [1.807, 2.05) is 55.4 Å². The first-order chi connectivity index (χ1) is 43.0. The molecule has 0 aliphatic carbocycles. The van der Waals surface area contributed by atoms with Crippen molar-refractivity contribution in [3.05, 3.63) is 15.2 Å². The molecule has 3 heterocycles. The van der Waals surface area contributed by atoms with Gasteiger partial charge in [0.05, 0.1) is 24.7 Å². The Morgan fingerprint density at radius 2 is 0.978 bits per heavy atom. The number of hydrogen-bond donors (Lipinski definition) is 5. The van der Waals surface area contributed by atoms with Gasteiger partial charge in [-0.15, -0.1) is 0 Å². The Hall–Kier alpha value is -6.28. The van der Waals surface area contributed by atoms with E-state index >= 15 is 19.2 Å². The number of aliphatic hydroxyl groups excluding tert-OH is 1. The van der Waals surface area contributed by atoms with Crippen LogP contribution < -0.4 is 5.32 Å². The van der Waals surface area contributed by atoms with Gasteiger partial charge in [0.25, 0.3) is 0 Å². The fourth-order valence-electron chi connectivity index (χ4n) is 12.5. The van der Waals surface area contributed by atoms with Gasteiger partial charge in [-0.2, -0.15) is 0 Å². The molecule has 0 spiro atoms. The van der Waals surface area contributed by atoms with Crippen molar-refractivity contribution in [3.63, 3.8) is 0 Å². The second-order valence-electron chi connectivity index (χ2n) is 28.7. The predicted molar refractivity (Wildman–Crippen MR) is 363 cm³/mol. The fraction of sp³-hybridized carbons (Fsp3) is 0.761. The maximum absolute atomic E-state index is 15.5. The summed E-state index contributed by atoms with van der Waals surface area (Å²) in [6, 6.07) is -8.45. The molecular formula is C67H112N12O12S2.